The molecule has 1 N–H and O–H groups in total. The van der Waals surface area contributed by atoms with Gasteiger partial charge in [-0.3, -0.25) is 9.89 Å². The van der Waals surface area contributed by atoms with Crippen molar-refractivity contribution in [3.63, 3.8) is 0 Å². The molecule has 1 aliphatic heterocycles. The highest BCUT2D eigenvalue weighted by molar-refractivity contribution is 14.0. The minimum absolute atomic E-state index is 0. The van der Waals surface area contributed by atoms with Crippen molar-refractivity contribution in [3.8, 4) is 0 Å². The third-order valence-electron chi connectivity index (χ3n) is 4.69. The van der Waals surface area contributed by atoms with Crippen molar-refractivity contribution in [2.75, 3.05) is 39.8 Å². The number of hydrogen-bond donors (Lipinski definition) is 1. The van der Waals surface area contributed by atoms with E-state index in [9.17, 15) is 8.78 Å². The standard InChI is InChI=1S/C18H28F2N4.HI/c1-4-23(5-2)16-9-11-24(13-16)18(21-3)22-10-8-14-12-15(19)6-7-17(14)20;/h6-7,12,16H,4-5,8-11,13H2,1-3H3,(H,21,22);1H. The summed E-state index contributed by atoms with van der Waals surface area (Å²) in [6.07, 6.45) is 1.55. The summed E-state index contributed by atoms with van der Waals surface area (Å²) >= 11 is 0. The van der Waals surface area contributed by atoms with Gasteiger partial charge in [-0.05, 0) is 49.7 Å². The van der Waals surface area contributed by atoms with Gasteiger partial charge in [-0.15, -0.1) is 24.0 Å². The number of rotatable bonds is 6. The average molecular weight is 466 g/mol. The van der Waals surface area contributed by atoms with Gasteiger partial charge in [0.25, 0.3) is 0 Å². The Balaban J connectivity index is 0.00000312. The molecule has 1 aromatic carbocycles. The van der Waals surface area contributed by atoms with Crippen molar-refractivity contribution >= 4 is 29.9 Å². The van der Waals surface area contributed by atoms with Gasteiger partial charge >= 0.3 is 0 Å². The molecule has 1 atom stereocenters. The van der Waals surface area contributed by atoms with E-state index in [1.54, 1.807) is 7.05 Å². The molecule has 2 rings (SSSR count). The van der Waals surface area contributed by atoms with Crippen molar-refractivity contribution in [2.45, 2.75) is 32.7 Å². The smallest absolute Gasteiger partial charge is 0.193 e. The number of benzene rings is 1. The summed E-state index contributed by atoms with van der Waals surface area (Å²) in [5, 5.41) is 3.27. The van der Waals surface area contributed by atoms with Gasteiger partial charge in [0.1, 0.15) is 11.6 Å². The molecule has 25 heavy (non-hydrogen) atoms. The second kappa shape index (κ2) is 10.9. The zero-order valence-electron chi connectivity index (χ0n) is 15.3. The lowest BCUT2D eigenvalue weighted by Crippen LogP contribution is -2.43. The maximum Gasteiger partial charge on any atom is 0.193 e. The lowest BCUT2D eigenvalue weighted by atomic mass is 10.1. The Morgan fingerprint density at radius 2 is 2.04 bits per heavy atom. The van der Waals surface area contributed by atoms with E-state index >= 15 is 0 Å². The van der Waals surface area contributed by atoms with Crippen molar-refractivity contribution in [3.05, 3.63) is 35.4 Å². The fourth-order valence-electron chi connectivity index (χ4n) is 3.35. The van der Waals surface area contributed by atoms with Crippen LogP contribution >= 0.6 is 24.0 Å². The summed E-state index contributed by atoms with van der Waals surface area (Å²) in [7, 11) is 1.76. The van der Waals surface area contributed by atoms with Crippen LogP contribution in [0.1, 0.15) is 25.8 Å². The molecule has 0 radical (unpaired) electrons. The minimum Gasteiger partial charge on any atom is -0.356 e. The number of guanidine groups is 1. The van der Waals surface area contributed by atoms with E-state index in [0.717, 1.165) is 44.6 Å². The predicted octanol–water partition coefficient (Wildman–Crippen LogP) is 3.12. The number of nitrogens with zero attached hydrogens (tertiary/aromatic N) is 3. The number of hydrogen-bond acceptors (Lipinski definition) is 2. The number of likely N-dealkylation sites (N-methyl/N-ethyl adjacent to an activating group) is 1. The molecule has 1 saturated heterocycles. The SMILES string of the molecule is CCN(CC)C1CCN(C(=NC)NCCc2cc(F)ccc2F)C1.I. The van der Waals surface area contributed by atoms with Crippen LogP contribution in [0.3, 0.4) is 0 Å². The van der Waals surface area contributed by atoms with Crippen molar-refractivity contribution in [1.29, 1.82) is 0 Å². The molecule has 0 spiro atoms. The maximum absolute atomic E-state index is 13.7. The Kier molecular flexibility index (Phi) is 9.63. The van der Waals surface area contributed by atoms with Crippen LogP contribution in [-0.2, 0) is 6.42 Å². The van der Waals surface area contributed by atoms with Gasteiger partial charge in [-0.2, -0.15) is 0 Å². The number of likely N-dealkylation sites (tertiary alicyclic amines) is 1. The molecule has 1 aliphatic rings. The predicted molar refractivity (Wildman–Crippen MR) is 110 cm³/mol. The molecule has 4 nitrogen and oxygen atoms in total. The van der Waals surface area contributed by atoms with E-state index in [1.165, 1.54) is 12.1 Å². The van der Waals surface area contributed by atoms with Crippen LogP contribution < -0.4 is 5.32 Å². The van der Waals surface area contributed by atoms with Crippen LogP contribution in [0.2, 0.25) is 0 Å². The Labute approximate surface area is 166 Å². The largest absolute Gasteiger partial charge is 0.356 e. The average Bonchev–Trinajstić information content (AvgIpc) is 3.05. The Hall–Kier alpha value is -0.960. The number of aliphatic imine (C=N–C) groups is 1. The van der Waals surface area contributed by atoms with Crippen molar-refractivity contribution in [2.24, 2.45) is 4.99 Å². The third-order valence-corrected chi connectivity index (χ3v) is 4.69. The molecule has 0 amide bonds. The molecule has 0 aliphatic carbocycles. The summed E-state index contributed by atoms with van der Waals surface area (Å²) in [5.74, 6) is 0.0646. The van der Waals surface area contributed by atoms with Gasteiger partial charge in [0.15, 0.2) is 5.96 Å². The van der Waals surface area contributed by atoms with E-state index in [0.29, 0.717) is 24.6 Å². The molecule has 7 heteroatoms. The van der Waals surface area contributed by atoms with Crippen LogP contribution in [0, 0.1) is 11.6 Å². The van der Waals surface area contributed by atoms with Crippen LogP contribution in [0.4, 0.5) is 8.78 Å². The summed E-state index contributed by atoms with van der Waals surface area (Å²) < 4.78 is 26.9. The normalized spacial score (nSPS) is 17.8. The molecule has 1 aromatic rings. The molecule has 0 aromatic heterocycles. The van der Waals surface area contributed by atoms with E-state index in [2.05, 4.69) is 34.0 Å². The Bertz CT molecular complexity index is 564. The summed E-state index contributed by atoms with van der Waals surface area (Å²) in [6.45, 7) is 8.93. The van der Waals surface area contributed by atoms with Crippen LogP contribution in [0.25, 0.3) is 0 Å². The van der Waals surface area contributed by atoms with Gasteiger partial charge < -0.3 is 10.2 Å². The summed E-state index contributed by atoms with van der Waals surface area (Å²) in [4.78, 5) is 9.04. The monoisotopic (exact) mass is 466 g/mol. The van der Waals surface area contributed by atoms with Gasteiger partial charge in [-0.25, -0.2) is 8.78 Å². The van der Waals surface area contributed by atoms with E-state index in [4.69, 9.17) is 0 Å². The third kappa shape index (κ3) is 6.06. The van der Waals surface area contributed by atoms with Gasteiger partial charge in [-0.1, -0.05) is 13.8 Å². The first-order valence-electron chi connectivity index (χ1n) is 8.72. The highest BCUT2D eigenvalue weighted by Crippen LogP contribution is 2.15. The highest BCUT2D eigenvalue weighted by Gasteiger charge is 2.27. The van der Waals surface area contributed by atoms with Crippen LogP contribution in [0.5, 0.6) is 0 Å². The Morgan fingerprint density at radius 3 is 2.68 bits per heavy atom. The van der Waals surface area contributed by atoms with Crippen LogP contribution in [-0.4, -0.2) is 61.6 Å². The number of halogens is 3. The topological polar surface area (TPSA) is 30.9 Å². The lowest BCUT2D eigenvalue weighted by Gasteiger charge is -2.27. The van der Waals surface area contributed by atoms with E-state index in [-0.39, 0.29) is 29.8 Å². The molecule has 1 fully saturated rings. The quantitative estimate of drug-likeness (QED) is 0.397. The zero-order valence-corrected chi connectivity index (χ0v) is 17.6. The fourth-order valence-corrected chi connectivity index (χ4v) is 3.35. The van der Waals surface area contributed by atoms with E-state index in [1.807, 2.05) is 0 Å². The second-order valence-electron chi connectivity index (χ2n) is 6.07. The first kappa shape index (κ1) is 22.1. The fraction of sp³-hybridized carbons (Fsp3) is 0.611. The minimum atomic E-state index is -0.405. The van der Waals surface area contributed by atoms with Crippen molar-refractivity contribution < 1.29 is 8.78 Å². The molecule has 0 saturated carbocycles. The second-order valence-corrected chi connectivity index (χ2v) is 6.07. The lowest BCUT2D eigenvalue weighted by molar-refractivity contribution is 0.223. The van der Waals surface area contributed by atoms with Gasteiger partial charge in [0.2, 0.25) is 0 Å². The van der Waals surface area contributed by atoms with Crippen LogP contribution in [0.15, 0.2) is 23.2 Å². The van der Waals surface area contributed by atoms with Gasteiger partial charge in [0, 0.05) is 32.7 Å². The molecule has 1 unspecified atom stereocenters. The molecule has 142 valence electrons. The first-order valence-corrected chi connectivity index (χ1v) is 8.72. The maximum atomic E-state index is 13.7. The van der Waals surface area contributed by atoms with Crippen molar-refractivity contribution in [1.82, 2.24) is 15.1 Å². The Morgan fingerprint density at radius 1 is 1.32 bits per heavy atom. The first-order chi connectivity index (χ1) is 11.6. The highest BCUT2D eigenvalue weighted by atomic mass is 127. The van der Waals surface area contributed by atoms with E-state index < -0.39 is 5.82 Å². The summed E-state index contributed by atoms with van der Waals surface area (Å²) in [6, 6.07) is 4.13. The molecular weight excluding hydrogens is 437 g/mol. The van der Waals surface area contributed by atoms with Gasteiger partial charge in [0.05, 0.1) is 0 Å². The molecular formula is C18H29F2IN4. The zero-order chi connectivity index (χ0) is 17.5. The number of nitrogens with one attached hydrogen (secondary N) is 1. The molecule has 1 heterocycles. The summed E-state index contributed by atoms with van der Waals surface area (Å²) in [5.41, 5.74) is 0.389. The molecule has 0 bridgehead atoms.